The highest BCUT2D eigenvalue weighted by Gasteiger charge is 2.71. The zero-order valence-electron chi connectivity index (χ0n) is 44.2. The van der Waals surface area contributed by atoms with Gasteiger partial charge in [0, 0.05) is 5.41 Å². The molecule has 0 aromatic heterocycles. The third-order valence-corrected chi connectivity index (χ3v) is 21.1. The fraction of sp³-hybridized carbons (Fsp3) is 0.943. The zero-order chi connectivity index (χ0) is 54.7. The van der Waals surface area contributed by atoms with Crippen LogP contribution in [0.25, 0.3) is 0 Å². The van der Waals surface area contributed by atoms with Crippen molar-refractivity contribution in [1.82, 2.24) is 0 Å². The second-order valence-corrected chi connectivity index (χ2v) is 25.7. The highest BCUT2D eigenvalue weighted by Crippen LogP contribution is 2.76. The van der Waals surface area contributed by atoms with Crippen LogP contribution >= 0.6 is 0 Å². The minimum Gasteiger partial charge on any atom is -0.432 e. The molecule has 9 aliphatic rings. The van der Waals surface area contributed by atoms with Crippen molar-refractivity contribution < 1.29 is 109 Å². The van der Waals surface area contributed by atoms with E-state index in [1.807, 2.05) is 6.92 Å². The van der Waals surface area contributed by atoms with Crippen molar-refractivity contribution in [2.75, 3.05) is 26.4 Å². The largest absolute Gasteiger partial charge is 0.432 e. The maximum absolute atomic E-state index is 15.1. The number of carbonyl (C=O) groups excluding carboxylic acids is 1. The normalized spacial score (nSPS) is 54.8. The fourth-order valence-corrected chi connectivity index (χ4v) is 16.2. The van der Waals surface area contributed by atoms with Gasteiger partial charge in [-0.05, 0) is 111 Å². The van der Waals surface area contributed by atoms with Crippen molar-refractivity contribution in [2.45, 2.75) is 235 Å². The standard InChI is InChI=1S/C53H86O22/c1-23-32(58)35(61)38(64)43(69-23)74-42-33(59)26(57)21-68-46(42)72-31-11-12-49(4)29(50(31,5)22-56)10-13-52(7)30(49)9-8-24-25-18-48(2,3)14-16-53(25,17-15-51(24,52)6)47(67)75-45-40(66)37(63)41(28(20-55)71-45)73-44-39(65)36(62)34(60)27(19-54)70-44/h8,23,25-46,54-66H,9-22H2,1-7H3/t23-,25-,26-,27+,28+,29+,30+,31-,32-,33-,34+,35+,36-,37+,38+,39+,40+,41+,42+,43-,44-,45-,46-,49-,50-,51+,52+,53-/m0/s1. The van der Waals surface area contributed by atoms with Gasteiger partial charge in [-0.2, -0.15) is 0 Å². The van der Waals surface area contributed by atoms with Crippen LogP contribution < -0.4 is 0 Å². The molecule has 8 fully saturated rings. The van der Waals surface area contributed by atoms with Crippen molar-refractivity contribution >= 4 is 5.97 Å². The number of esters is 1. The highest BCUT2D eigenvalue weighted by atomic mass is 16.8. The van der Waals surface area contributed by atoms with Crippen LogP contribution in [-0.4, -0.2) is 222 Å². The Balaban J connectivity index is 0.934. The Hall–Kier alpha value is -1.59. The Bertz CT molecular complexity index is 2060. The summed E-state index contributed by atoms with van der Waals surface area (Å²) < 4.78 is 47.8. The molecule has 5 aliphatic carbocycles. The van der Waals surface area contributed by atoms with Crippen molar-refractivity contribution in [3.05, 3.63) is 11.6 Å². The van der Waals surface area contributed by atoms with E-state index in [2.05, 4.69) is 40.7 Å². The van der Waals surface area contributed by atoms with E-state index in [0.29, 0.717) is 38.5 Å². The summed E-state index contributed by atoms with van der Waals surface area (Å²) in [5, 5.41) is 139. The van der Waals surface area contributed by atoms with E-state index in [4.69, 9.17) is 37.9 Å². The molecule has 13 N–H and O–H groups in total. The molecule has 22 heteroatoms. The monoisotopic (exact) mass is 1070 g/mol. The Kier molecular flexibility index (Phi) is 16.3. The first-order chi connectivity index (χ1) is 35.2. The van der Waals surface area contributed by atoms with Crippen LogP contribution in [0.5, 0.6) is 0 Å². The number of ether oxygens (including phenoxy) is 8. The second kappa shape index (κ2) is 21.1. The molecule has 0 spiro atoms. The van der Waals surface area contributed by atoms with Gasteiger partial charge in [-0.1, -0.05) is 53.2 Å². The number of aliphatic hydroxyl groups excluding tert-OH is 13. The molecule has 22 nitrogen and oxygen atoms in total. The van der Waals surface area contributed by atoms with E-state index >= 15 is 4.79 Å². The predicted molar refractivity (Wildman–Crippen MR) is 257 cm³/mol. The van der Waals surface area contributed by atoms with Crippen LogP contribution in [0.1, 0.15) is 113 Å². The van der Waals surface area contributed by atoms with Gasteiger partial charge in [0.2, 0.25) is 6.29 Å². The van der Waals surface area contributed by atoms with E-state index in [1.165, 1.54) is 12.5 Å². The summed E-state index contributed by atoms with van der Waals surface area (Å²) in [7, 11) is 0. The molecule has 4 saturated heterocycles. The quantitative estimate of drug-likeness (QED) is 0.0643. The van der Waals surface area contributed by atoms with Gasteiger partial charge < -0.3 is 104 Å². The van der Waals surface area contributed by atoms with E-state index in [-0.39, 0.29) is 52.6 Å². The summed E-state index contributed by atoms with van der Waals surface area (Å²) >= 11 is 0. The minimum atomic E-state index is -1.88. The zero-order valence-corrected chi connectivity index (χ0v) is 44.2. The number of allylic oxidation sites excluding steroid dienone is 2. The highest BCUT2D eigenvalue weighted by molar-refractivity contribution is 5.79. The summed E-state index contributed by atoms with van der Waals surface area (Å²) in [6.45, 7) is 13.0. The maximum Gasteiger partial charge on any atom is 0.315 e. The Morgan fingerprint density at radius 2 is 1.23 bits per heavy atom. The number of rotatable bonds is 11. The molecule has 0 amide bonds. The van der Waals surface area contributed by atoms with Gasteiger partial charge in [0.25, 0.3) is 0 Å². The number of fused-ring (bicyclic) bond motifs is 7. The fourth-order valence-electron chi connectivity index (χ4n) is 16.2. The van der Waals surface area contributed by atoms with Crippen molar-refractivity contribution in [1.29, 1.82) is 0 Å². The van der Waals surface area contributed by atoms with Gasteiger partial charge >= 0.3 is 5.97 Å². The molecular weight excluding hydrogens is 989 g/mol. The summed E-state index contributed by atoms with van der Waals surface area (Å²) in [6.07, 6.45) is -21.1. The van der Waals surface area contributed by atoms with Crippen LogP contribution in [0.15, 0.2) is 11.6 Å². The van der Waals surface area contributed by atoms with Crippen molar-refractivity contribution in [3.63, 3.8) is 0 Å². The smallest absolute Gasteiger partial charge is 0.315 e. The summed E-state index contributed by atoms with van der Waals surface area (Å²) in [5.41, 5.74) is -1.70. The second-order valence-electron chi connectivity index (χ2n) is 25.7. The molecule has 0 bridgehead atoms. The van der Waals surface area contributed by atoms with E-state index in [9.17, 15) is 66.4 Å². The molecule has 9 rings (SSSR count). The van der Waals surface area contributed by atoms with Crippen LogP contribution in [0.4, 0.5) is 0 Å². The molecule has 4 aliphatic heterocycles. The van der Waals surface area contributed by atoms with Crippen LogP contribution in [-0.2, 0) is 42.7 Å². The molecule has 0 aromatic carbocycles. The maximum atomic E-state index is 15.1. The van der Waals surface area contributed by atoms with Gasteiger partial charge in [-0.3, -0.25) is 4.79 Å². The minimum absolute atomic E-state index is 0.0432. The molecule has 4 saturated carbocycles. The number of hydrogen-bond acceptors (Lipinski definition) is 22. The first-order valence-corrected chi connectivity index (χ1v) is 27.3. The van der Waals surface area contributed by atoms with Crippen LogP contribution in [0.2, 0.25) is 0 Å². The lowest BCUT2D eigenvalue weighted by atomic mass is 9.33. The molecule has 0 aromatic rings. The van der Waals surface area contributed by atoms with Crippen molar-refractivity contribution in [2.24, 2.45) is 50.2 Å². The number of carbonyl (C=O) groups is 1. The van der Waals surface area contributed by atoms with Gasteiger partial charge in [-0.15, -0.1) is 0 Å². The Morgan fingerprint density at radius 3 is 1.89 bits per heavy atom. The summed E-state index contributed by atoms with van der Waals surface area (Å²) in [6, 6.07) is 0. The molecule has 28 atom stereocenters. The van der Waals surface area contributed by atoms with Gasteiger partial charge in [0.05, 0.1) is 44.1 Å². The van der Waals surface area contributed by atoms with E-state index < -0.39 is 153 Å². The molecular formula is C53H86O22. The lowest BCUT2D eigenvalue weighted by Gasteiger charge is -2.71. The van der Waals surface area contributed by atoms with E-state index in [1.54, 1.807) is 0 Å². The van der Waals surface area contributed by atoms with Crippen molar-refractivity contribution in [3.8, 4) is 0 Å². The average molecular weight is 1080 g/mol. The molecule has 430 valence electrons. The molecule has 0 unspecified atom stereocenters. The topological polar surface area (TPSA) is 354 Å². The SMILES string of the molecule is C[C@@H]1O[C@@H](O[C@H]2[C@H](O[C@H]3CC[C@@]4(C)[C@@H](CC[C@]5(C)[C@@H]4CC=C4[C@@H]6CC(C)(C)CC[C@]6(C(=O)O[C@@H]6O[C@H](CO)[C@@H](O[C@@H]7O[C@H](CO)[C@@H](O)[C@H](O)[C@H]7O)[C@H](O)[C@H]6O)CC[C@]45C)[C@]3(C)CO)OC[C@H](O)[C@@H]2O)[C@H](O)[C@H](O)[C@H]1O. The third-order valence-electron chi connectivity index (χ3n) is 21.1. The molecule has 4 heterocycles. The van der Waals surface area contributed by atoms with Gasteiger partial charge in [0.1, 0.15) is 85.5 Å². The van der Waals surface area contributed by atoms with E-state index in [0.717, 1.165) is 25.7 Å². The van der Waals surface area contributed by atoms with Crippen LogP contribution in [0, 0.1) is 50.2 Å². The van der Waals surface area contributed by atoms with Crippen LogP contribution in [0.3, 0.4) is 0 Å². The average Bonchev–Trinajstić information content (AvgIpc) is 3.44. The molecule has 75 heavy (non-hydrogen) atoms. The molecule has 0 radical (unpaired) electrons. The lowest BCUT2D eigenvalue weighted by molar-refractivity contribution is -0.365. The Labute approximate surface area is 437 Å². The first-order valence-electron chi connectivity index (χ1n) is 27.3. The first kappa shape index (κ1) is 58.1. The predicted octanol–water partition coefficient (Wildman–Crippen LogP) is -1.40. The number of aliphatic hydroxyl groups is 13. The third kappa shape index (κ3) is 9.40. The summed E-state index contributed by atoms with van der Waals surface area (Å²) in [4.78, 5) is 15.1. The lowest BCUT2D eigenvalue weighted by Crippen LogP contribution is -2.67. The Morgan fingerprint density at radius 1 is 0.613 bits per heavy atom. The van der Waals surface area contributed by atoms with Gasteiger partial charge in [0.15, 0.2) is 18.9 Å². The van der Waals surface area contributed by atoms with Gasteiger partial charge in [-0.25, -0.2) is 0 Å². The summed E-state index contributed by atoms with van der Waals surface area (Å²) in [5.74, 6) is -0.732. The number of hydrogen-bond donors (Lipinski definition) is 13.